The molecule has 132 valence electrons. The lowest BCUT2D eigenvalue weighted by atomic mass is 10.2. The predicted molar refractivity (Wildman–Crippen MR) is 107 cm³/mol. The Kier molecular flexibility index (Phi) is 7.18. The third kappa shape index (κ3) is 6.06. The number of thiocarbonyl (C=S) groups is 1. The summed E-state index contributed by atoms with van der Waals surface area (Å²) in [4.78, 5) is 1.98. The Hall–Kier alpha value is -2.64. The summed E-state index contributed by atoms with van der Waals surface area (Å²) in [5.41, 5.74) is 5.58. The molecule has 3 N–H and O–H groups in total. The molecule has 6 nitrogen and oxygen atoms in total. The summed E-state index contributed by atoms with van der Waals surface area (Å²) < 4.78 is 5.17. The molecule has 0 aliphatic rings. The Morgan fingerprint density at radius 3 is 2.72 bits per heavy atom. The average Bonchev–Trinajstić information content (AvgIpc) is 2.62. The van der Waals surface area contributed by atoms with Crippen LogP contribution in [0.4, 0.5) is 11.4 Å². The van der Waals surface area contributed by atoms with Gasteiger partial charge >= 0.3 is 0 Å². The van der Waals surface area contributed by atoms with Crippen molar-refractivity contribution in [3.8, 4) is 5.75 Å². The van der Waals surface area contributed by atoms with E-state index in [1.54, 1.807) is 13.3 Å². The third-order valence-electron chi connectivity index (χ3n) is 3.48. The molecular formula is C18H22N4O2S. The minimum Gasteiger partial charge on any atom is -0.497 e. The number of hydrogen-bond donors (Lipinski definition) is 3. The van der Waals surface area contributed by atoms with E-state index < -0.39 is 0 Å². The lowest BCUT2D eigenvalue weighted by Crippen LogP contribution is -2.23. The molecule has 0 amide bonds. The maximum absolute atomic E-state index is 8.96. The van der Waals surface area contributed by atoms with Crippen molar-refractivity contribution in [3.05, 3.63) is 54.1 Å². The van der Waals surface area contributed by atoms with Crippen molar-refractivity contribution in [1.82, 2.24) is 5.43 Å². The van der Waals surface area contributed by atoms with Crippen LogP contribution in [0.1, 0.15) is 5.56 Å². The second-order valence-corrected chi connectivity index (χ2v) is 5.70. The molecule has 0 heterocycles. The van der Waals surface area contributed by atoms with Gasteiger partial charge in [-0.05, 0) is 42.0 Å². The van der Waals surface area contributed by atoms with Crippen LogP contribution in [0.25, 0.3) is 0 Å². The number of ether oxygens (including phenoxy) is 1. The molecule has 2 rings (SSSR count). The summed E-state index contributed by atoms with van der Waals surface area (Å²) in [6.45, 7) is 0.723. The van der Waals surface area contributed by atoms with Gasteiger partial charge in [-0.25, -0.2) is 0 Å². The number of aliphatic hydroxyl groups excluding tert-OH is 1. The van der Waals surface area contributed by atoms with Crippen LogP contribution < -0.4 is 20.4 Å². The van der Waals surface area contributed by atoms with Crippen molar-refractivity contribution >= 4 is 34.9 Å². The van der Waals surface area contributed by atoms with Crippen molar-refractivity contribution in [2.24, 2.45) is 5.10 Å². The van der Waals surface area contributed by atoms with Gasteiger partial charge in [-0.3, -0.25) is 5.43 Å². The molecule has 2 aromatic rings. The summed E-state index contributed by atoms with van der Waals surface area (Å²) in [6, 6.07) is 15.3. The normalized spacial score (nSPS) is 10.5. The number of likely N-dealkylation sites (N-methyl/N-ethyl adjacent to an activating group) is 1. The molecule has 0 aromatic heterocycles. The van der Waals surface area contributed by atoms with Crippen LogP contribution >= 0.6 is 12.2 Å². The van der Waals surface area contributed by atoms with Crippen LogP contribution in [-0.2, 0) is 0 Å². The number of anilines is 2. The van der Waals surface area contributed by atoms with Gasteiger partial charge in [-0.15, -0.1) is 0 Å². The first-order valence-electron chi connectivity index (χ1n) is 7.78. The number of methoxy groups -OCH3 is 1. The van der Waals surface area contributed by atoms with E-state index in [2.05, 4.69) is 15.8 Å². The number of aliphatic hydroxyl groups is 1. The van der Waals surface area contributed by atoms with Crippen LogP contribution in [0.5, 0.6) is 5.75 Å². The van der Waals surface area contributed by atoms with E-state index in [1.165, 1.54) is 0 Å². The van der Waals surface area contributed by atoms with Gasteiger partial charge in [0.2, 0.25) is 0 Å². The fourth-order valence-corrected chi connectivity index (χ4v) is 2.29. The maximum atomic E-state index is 8.96. The van der Waals surface area contributed by atoms with Gasteiger partial charge in [-0.2, -0.15) is 5.10 Å². The molecule has 0 fully saturated rings. The molecule has 0 aliphatic heterocycles. The van der Waals surface area contributed by atoms with E-state index in [0.717, 1.165) is 22.7 Å². The molecule has 0 radical (unpaired) electrons. The van der Waals surface area contributed by atoms with Gasteiger partial charge < -0.3 is 20.1 Å². The van der Waals surface area contributed by atoms with E-state index in [-0.39, 0.29) is 6.61 Å². The number of benzene rings is 2. The number of rotatable bonds is 7. The highest BCUT2D eigenvalue weighted by atomic mass is 32.1. The molecule has 0 atom stereocenters. The molecule has 2 aromatic carbocycles. The summed E-state index contributed by atoms with van der Waals surface area (Å²) in [7, 11) is 3.55. The standard InChI is InChI=1S/C18H22N4O2S/c1-22(10-11-23)16-8-6-14(7-9-16)13-19-21-18(25)20-15-4-3-5-17(12-15)24-2/h3-9,12-13,23H,10-11H2,1-2H3,(H2,20,21,25)/b19-13+. The highest BCUT2D eigenvalue weighted by Crippen LogP contribution is 2.16. The van der Waals surface area contributed by atoms with Gasteiger partial charge in [0.15, 0.2) is 5.11 Å². The minimum absolute atomic E-state index is 0.126. The molecular weight excluding hydrogens is 336 g/mol. The number of hydrogen-bond acceptors (Lipinski definition) is 5. The smallest absolute Gasteiger partial charge is 0.191 e. The highest BCUT2D eigenvalue weighted by Gasteiger charge is 2.00. The Balaban J connectivity index is 1.86. The Bertz CT molecular complexity index is 719. The van der Waals surface area contributed by atoms with Gasteiger partial charge in [0, 0.05) is 31.0 Å². The fraction of sp³-hybridized carbons (Fsp3) is 0.222. The first-order valence-corrected chi connectivity index (χ1v) is 8.19. The molecule has 0 aliphatic carbocycles. The first kappa shape index (κ1) is 18.7. The molecule has 0 bridgehead atoms. The zero-order chi connectivity index (χ0) is 18.1. The second-order valence-electron chi connectivity index (χ2n) is 5.29. The van der Waals surface area contributed by atoms with Crippen molar-refractivity contribution < 1.29 is 9.84 Å². The largest absolute Gasteiger partial charge is 0.497 e. The zero-order valence-electron chi connectivity index (χ0n) is 14.3. The minimum atomic E-state index is 0.126. The quantitative estimate of drug-likeness (QED) is 0.401. The van der Waals surface area contributed by atoms with E-state index in [4.69, 9.17) is 22.1 Å². The molecule has 0 saturated heterocycles. The lowest BCUT2D eigenvalue weighted by Gasteiger charge is -2.17. The Morgan fingerprint density at radius 2 is 2.04 bits per heavy atom. The van der Waals surface area contributed by atoms with E-state index in [9.17, 15) is 0 Å². The number of nitrogens with one attached hydrogen (secondary N) is 2. The van der Waals surface area contributed by atoms with E-state index in [0.29, 0.717) is 11.7 Å². The van der Waals surface area contributed by atoms with Crippen LogP contribution in [-0.4, -0.2) is 43.7 Å². The van der Waals surface area contributed by atoms with Crippen molar-refractivity contribution in [1.29, 1.82) is 0 Å². The zero-order valence-corrected chi connectivity index (χ0v) is 15.1. The fourth-order valence-electron chi connectivity index (χ4n) is 2.12. The lowest BCUT2D eigenvalue weighted by molar-refractivity contribution is 0.304. The van der Waals surface area contributed by atoms with Crippen LogP contribution in [0.2, 0.25) is 0 Å². The van der Waals surface area contributed by atoms with Crippen LogP contribution in [0.15, 0.2) is 53.6 Å². The summed E-state index contributed by atoms with van der Waals surface area (Å²) in [6.07, 6.45) is 1.69. The van der Waals surface area contributed by atoms with Crippen molar-refractivity contribution in [2.45, 2.75) is 0 Å². The second kappa shape index (κ2) is 9.61. The molecule has 0 saturated carbocycles. The van der Waals surface area contributed by atoms with Gasteiger partial charge in [0.25, 0.3) is 0 Å². The van der Waals surface area contributed by atoms with Gasteiger partial charge in [-0.1, -0.05) is 18.2 Å². The Labute approximate surface area is 153 Å². The molecule has 25 heavy (non-hydrogen) atoms. The average molecular weight is 358 g/mol. The van der Waals surface area contributed by atoms with Gasteiger partial charge in [0.1, 0.15) is 5.75 Å². The van der Waals surface area contributed by atoms with Crippen LogP contribution in [0, 0.1) is 0 Å². The number of hydrazone groups is 1. The highest BCUT2D eigenvalue weighted by molar-refractivity contribution is 7.80. The topological polar surface area (TPSA) is 69.1 Å². The Morgan fingerprint density at radius 1 is 1.28 bits per heavy atom. The third-order valence-corrected chi connectivity index (χ3v) is 3.67. The monoisotopic (exact) mass is 358 g/mol. The SMILES string of the molecule is COc1cccc(NC(=S)N/N=C/c2ccc(N(C)CCO)cc2)c1. The number of nitrogens with zero attached hydrogens (tertiary/aromatic N) is 2. The van der Waals surface area contributed by atoms with Crippen LogP contribution in [0.3, 0.4) is 0 Å². The molecule has 0 unspecified atom stereocenters. The summed E-state index contributed by atoms with van der Waals surface area (Å²) in [5, 5.41) is 16.5. The van der Waals surface area contributed by atoms with Crippen molar-refractivity contribution in [2.75, 3.05) is 37.5 Å². The summed E-state index contributed by atoms with van der Waals surface area (Å²) in [5.74, 6) is 0.752. The first-order chi connectivity index (χ1) is 12.1. The van der Waals surface area contributed by atoms with Gasteiger partial charge in [0.05, 0.1) is 19.9 Å². The summed E-state index contributed by atoms with van der Waals surface area (Å²) >= 11 is 5.21. The predicted octanol–water partition coefficient (Wildman–Crippen LogP) is 2.44. The molecule has 0 spiro atoms. The molecule has 7 heteroatoms. The van der Waals surface area contributed by atoms with E-state index in [1.807, 2.05) is 60.5 Å². The maximum Gasteiger partial charge on any atom is 0.191 e. The van der Waals surface area contributed by atoms with E-state index >= 15 is 0 Å². The van der Waals surface area contributed by atoms with Crippen molar-refractivity contribution in [3.63, 3.8) is 0 Å².